The van der Waals surface area contributed by atoms with Crippen molar-refractivity contribution in [2.75, 3.05) is 19.6 Å². The van der Waals surface area contributed by atoms with E-state index in [0.717, 1.165) is 0 Å². The van der Waals surface area contributed by atoms with E-state index in [9.17, 15) is 9.59 Å². The molecule has 18 heavy (non-hydrogen) atoms. The Balaban J connectivity index is 2.15. The normalized spacial score (nSPS) is 9.83. The molecular formula is C13H19N3O2. The molecule has 1 aromatic carbocycles. The number of hydrogen-bond acceptors (Lipinski definition) is 3. The Morgan fingerprint density at radius 3 is 2.39 bits per heavy atom. The van der Waals surface area contributed by atoms with Crippen molar-refractivity contribution in [3.05, 3.63) is 35.9 Å². The van der Waals surface area contributed by atoms with Crippen LogP contribution in [0.1, 0.15) is 23.2 Å². The molecule has 0 radical (unpaired) electrons. The Kier molecular flexibility index (Phi) is 6.50. The van der Waals surface area contributed by atoms with Gasteiger partial charge >= 0.3 is 0 Å². The highest BCUT2D eigenvalue weighted by Crippen LogP contribution is 1.96. The molecule has 2 amide bonds. The van der Waals surface area contributed by atoms with Crippen molar-refractivity contribution in [1.29, 1.82) is 0 Å². The first kappa shape index (κ1) is 14.2. The van der Waals surface area contributed by atoms with Crippen molar-refractivity contribution in [1.82, 2.24) is 10.6 Å². The van der Waals surface area contributed by atoms with Crippen LogP contribution < -0.4 is 16.4 Å². The summed E-state index contributed by atoms with van der Waals surface area (Å²) in [6.45, 7) is 1.36. The molecule has 0 unspecified atom stereocenters. The van der Waals surface area contributed by atoms with Crippen molar-refractivity contribution < 1.29 is 9.59 Å². The van der Waals surface area contributed by atoms with Crippen molar-refractivity contribution in [2.24, 2.45) is 5.73 Å². The monoisotopic (exact) mass is 249 g/mol. The molecule has 0 aliphatic heterocycles. The highest BCUT2D eigenvalue weighted by molar-refractivity contribution is 5.94. The first-order chi connectivity index (χ1) is 8.74. The second-order valence-electron chi connectivity index (χ2n) is 3.86. The summed E-state index contributed by atoms with van der Waals surface area (Å²) in [5, 5.41) is 5.45. The minimum atomic E-state index is -0.133. The first-order valence-corrected chi connectivity index (χ1v) is 6.04. The lowest BCUT2D eigenvalue weighted by atomic mass is 10.2. The number of nitrogens with two attached hydrogens (primary N) is 1. The second-order valence-corrected chi connectivity index (χ2v) is 3.86. The summed E-state index contributed by atoms with van der Waals surface area (Å²) >= 11 is 0. The topological polar surface area (TPSA) is 84.2 Å². The molecule has 4 N–H and O–H groups in total. The Morgan fingerprint density at radius 2 is 1.72 bits per heavy atom. The van der Waals surface area contributed by atoms with Gasteiger partial charge in [-0.2, -0.15) is 0 Å². The molecule has 5 nitrogen and oxygen atoms in total. The molecule has 1 rings (SSSR count). The third kappa shape index (κ3) is 5.45. The predicted octanol–water partition coefficient (Wildman–Crippen LogP) is 0.272. The van der Waals surface area contributed by atoms with E-state index < -0.39 is 0 Å². The minimum Gasteiger partial charge on any atom is -0.354 e. The molecule has 0 spiro atoms. The molecule has 0 aliphatic rings. The van der Waals surface area contributed by atoms with Crippen LogP contribution in [0.3, 0.4) is 0 Å². The lowest BCUT2D eigenvalue weighted by molar-refractivity contribution is -0.121. The van der Waals surface area contributed by atoms with Crippen LogP contribution in [-0.2, 0) is 4.79 Å². The van der Waals surface area contributed by atoms with Crippen molar-refractivity contribution in [2.45, 2.75) is 12.8 Å². The average Bonchev–Trinajstić information content (AvgIpc) is 2.42. The van der Waals surface area contributed by atoms with Gasteiger partial charge in [-0.3, -0.25) is 9.59 Å². The zero-order valence-electron chi connectivity index (χ0n) is 10.3. The summed E-state index contributed by atoms with van der Waals surface area (Å²) in [4.78, 5) is 22.9. The van der Waals surface area contributed by atoms with Gasteiger partial charge in [-0.05, 0) is 25.1 Å². The molecule has 0 aliphatic carbocycles. The van der Waals surface area contributed by atoms with E-state index in [1.807, 2.05) is 18.2 Å². The van der Waals surface area contributed by atoms with E-state index in [4.69, 9.17) is 5.73 Å². The van der Waals surface area contributed by atoms with Gasteiger partial charge in [0.25, 0.3) is 5.91 Å². The zero-order chi connectivity index (χ0) is 13.2. The minimum absolute atomic E-state index is 0.0330. The molecule has 1 aromatic rings. The zero-order valence-corrected chi connectivity index (χ0v) is 10.3. The maximum Gasteiger partial charge on any atom is 0.251 e. The molecule has 0 heterocycles. The van der Waals surface area contributed by atoms with Crippen LogP contribution in [0.15, 0.2) is 30.3 Å². The van der Waals surface area contributed by atoms with Crippen LogP contribution in [-0.4, -0.2) is 31.4 Å². The largest absolute Gasteiger partial charge is 0.354 e. The van der Waals surface area contributed by atoms with E-state index in [-0.39, 0.29) is 11.8 Å². The van der Waals surface area contributed by atoms with E-state index in [0.29, 0.717) is 38.0 Å². The highest BCUT2D eigenvalue weighted by Gasteiger charge is 2.03. The van der Waals surface area contributed by atoms with E-state index >= 15 is 0 Å². The van der Waals surface area contributed by atoms with Crippen LogP contribution >= 0.6 is 0 Å². The molecule has 0 atom stereocenters. The van der Waals surface area contributed by atoms with Crippen LogP contribution in [0.4, 0.5) is 0 Å². The van der Waals surface area contributed by atoms with Gasteiger partial charge in [0.1, 0.15) is 0 Å². The van der Waals surface area contributed by atoms with Crippen LogP contribution in [0.2, 0.25) is 0 Å². The number of hydrogen-bond donors (Lipinski definition) is 3. The number of rotatable bonds is 7. The molecule has 0 saturated carbocycles. The second kappa shape index (κ2) is 8.25. The first-order valence-electron chi connectivity index (χ1n) is 6.04. The fourth-order valence-corrected chi connectivity index (χ4v) is 1.42. The van der Waals surface area contributed by atoms with Gasteiger partial charge < -0.3 is 16.4 Å². The maximum absolute atomic E-state index is 11.6. The van der Waals surface area contributed by atoms with Crippen molar-refractivity contribution >= 4 is 11.8 Å². The smallest absolute Gasteiger partial charge is 0.251 e. The number of amides is 2. The van der Waals surface area contributed by atoms with Gasteiger partial charge in [-0.25, -0.2) is 0 Å². The van der Waals surface area contributed by atoms with Gasteiger partial charge in [0.05, 0.1) is 0 Å². The van der Waals surface area contributed by atoms with Gasteiger partial charge in [0.2, 0.25) is 5.91 Å². The molecule has 5 heteroatoms. The van der Waals surface area contributed by atoms with Crippen molar-refractivity contribution in [3.63, 3.8) is 0 Å². The highest BCUT2D eigenvalue weighted by atomic mass is 16.2. The molecule has 0 bridgehead atoms. The van der Waals surface area contributed by atoms with Gasteiger partial charge in [-0.15, -0.1) is 0 Å². The molecule has 98 valence electrons. The van der Waals surface area contributed by atoms with Gasteiger partial charge in [-0.1, -0.05) is 18.2 Å². The summed E-state index contributed by atoms with van der Waals surface area (Å²) in [6, 6.07) is 8.96. The Morgan fingerprint density at radius 1 is 1.06 bits per heavy atom. The molecule has 0 aromatic heterocycles. The van der Waals surface area contributed by atoms with Crippen LogP contribution in [0.5, 0.6) is 0 Å². The Labute approximate surface area is 107 Å². The summed E-state index contributed by atoms with van der Waals surface area (Å²) in [5.74, 6) is -0.166. The number of nitrogens with one attached hydrogen (secondary N) is 2. The summed E-state index contributed by atoms with van der Waals surface area (Å²) in [6.07, 6.45) is 1.12. The van der Waals surface area contributed by atoms with Crippen LogP contribution in [0, 0.1) is 0 Å². The number of carbonyl (C=O) groups excluding carboxylic acids is 2. The maximum atomic E-state index is 11.6. The van der Waals surface area contributed by atoms with E-state index in [1.54, 1.807) is 12.1 Å². The summed E-state index contributed by atoms with van der Waals surface area (Å²) in [7, 11) is 0. The molecule has 0 fully saturated rings. The number of benzene rings is 1. The Hall–Kier alpha value is -1.88. The quantitative estimate of drug-likeness (QED) is 0.606. The van der Waals surface area contributed by atoms with Gasteiger partial charge in [0.15, 0.2) is 0 Å². The third-order valence-electron chi connectivity index (χ3n) is 2.38. The summed E-state index contributed by atoms with van der Waals surface area (Å²) < 4.78 is 0. The fraction of sp³-hybridized carbons (Fsp3) is 0.385. The lowest BCUT2D eigenvalue weighted by Gasteiger charge is -2.06. The van der Waals surface area contributed by atoms with Crippen LogP contribution in [0.25, 0.3) is 0 Å². The summed E-state index contributed by atoms with van der Waals surface area (Å²) in [5.41, 5.74) is 5.92. The lowest BCUT2D eigenvalue weighted by Crippen LogP contribution is -2.34. The van der Waals surface area contributed by atoms with E-state index in [2.05, 4.69) is 10.6 Å². The standard InChI is InChI=1S/C13H19N3O2/c14-8-4-7-12(17)15-9-10-16-13(18)11-5-2-1-3-6-11/h1-3,5-6H,4,7-10,14H2,(H,15,17)(H,16,18). The van der Waals surface area contributed by atoms with Crippen molar-refractivity contribution in [3.8, 4) is 0 Å². The molecular weight excluding hydrogens is 230 g/mol. The Bertz CT molecular complexity index is 379. The SMILES string of the molecule is NCCCC(=O)NCCNC(=O)c1ccccc1. The van der Waals surface area contributed by atoms with E-state index in [1.165, 1.54) is 0 Å². The number of carbonyl (C=O) groups is 2. The third-order valence-corrected chi connectivity index (χ3v) is 2.38. The van der Waals surface area contributed by atoms with Gasteiger partial charge in [0, 0.05) is 25.1 Å². The average molecular weight is 249 g/mol. The fourth-order valence-electron chi connectivity index (χ4n) is 1.42. The predicted molar refractivity (Wildman–Crippen MR) is 70.1 cm³/mol. The molecule has 0 saturated heterocycles.